The molecule has 2 aromatic rings. The number of hydrogen-bond donors (Lipinski definition) is 1. The molecule has 0 aliphatic rings. The van der Waals surface area contributed by atoms with E-state index in [0.29, 0.717) is 17.7 Å². The molecule has 0 spiro atoms. The molecular weight excluding hydrogens is 238 g/mol. The third-order valence-electron chi connectivity index (χ3n) is 2.68. The van der Waals surface area contributed by atoms with Crippen LogP contribution in [0.3, 0.4) is 0 Å². The van der Waals surface area contributed by atoms with Gasteiger partial charge in [0.2, 0.25) is 0 Å². The molecule has 1 N–H and O–H groups in total. The van der Waals surface area contributed by atoms with E-state index in [1.807, 2.05) is 18.2 Å². The fraction of sp³-hybridized carbons (Fsp3) is 0.133. The van der Waals surface area contributed by atoms with Gasteiger partial charge in [0.05, 0.1) is 11.6 Å². The minimum Gasteiger partial charge on any atom is -0.352 e. The molecule has 0 fully saturated rings. The predicted molar refractivity (Wildman–Crippen MR) is 71.4 cm³/mol. The summed E-state index contributed by atoms with van der Waals surface area (Å²) in [6.45, 7) is 0.543. The smallest absolute Gasteiger partial charge is 0.251 e. The molecule has 19 heavy (non-hydrogen) atoms. The first-order valence-corrected chi connectivity index (χ1v) is 5.97. The van der Waals surface area contributed by atoms with E-state index in [-0.39, 0.29) is 5.91 Å². The lowest BCUT2D eigenvalue weighted by Gasteiger charge is -2.05. The molecular formula is C15H13N3O. The van der Waals surface area contributed by atoms with Crippen LogP contribution in [0.2, 0.25) is 0 Å². The molecule has 0 saturated carbocycles. The molecule has 1 heterocycles. The zero-order valence-electron chi connectivity index (χ0n) is 10.3. The highest BCUT2D eigenvalue weighted by Crippen LogP contribution is 2.04. The highest BCUT2D eigenvalue weighted by Gasteiger charge is 2.05. The largest absolute Gasteiger partial charge is 0.352 e. The Balaban J connectivity index is 1.89. The highest BCUT2D eigenvalue weighted by molar-refractivity contribution is 5.94. The van der Waals surface area contributed by atoms with Crippen molar-refractivity contribution in [3.05, 3.63) is 65.5 Å². The molecule has 1 amide bonds. The van der Waals surface area contributed by atoms with Crippen LogP contribution in [-0.4, -0.2) is 17.4 Å². The van der Waals surface area contributed by atoms with Gasteiger partial charge in [-0.25, -0.2) is 0 Å². The van der Waals surface area contributed by atoms with Crippen molar-refractivity contribution in [3.8, 4) is 6.07 Å². The van der Waals surface area contributed by atoms with Crippen molar-refractivity contribution in [2.75, 3.05) is 6.54 Å². The first-order valence-electron chi connectivity index (χ1n) is 5.97. The molecule has 0 saturated heterocycles. The summed E-state index contributed by atoms with van der Waals surface area (Å²) in [5.74, 6) is -0.166. The number of nitriles is 1. The van der Waals surface area contributed by atoms with Crippen molar-refractivity contribution in [2.45, 2.75) is 6.42 Å². The van der Waals surface area contributed by atoms with Crippen LogP contribution in [0, 0.1) is 11.3 Å². The number of carbonyl (C=O) groups excluding carboxylic acids is 1. The van der Waals surface area contributed by atoms with Gasteiger partial charge in [0, 0.05) is 24.5 Å². The van der Waals surface area contributed by atoms with Crippen LogP contribution < -0.4 is 5.32 Å². The molecule has 94 valence electrons. The van der Waals surface area contributed by atoms with E-state index in [1.165, 1.54) is 0 Å². The normalized spacial score (nSPS) is 9.63. The minimum absolute atomic E-state index is 0.166. The summed E-state index contributed by atoms with van der Waals surface area (Å²) in [6.07, 6.45) is 4.23. The number of hydrogen-bond acceptors (Lipinski definition) is 3. The Morgan fingerprint density at radius 2 is 2.21 bits per heavy atom. The Kier molecular flexibility index (Phi) is 4.25. The highest BCUT2D eigenvalue weighted by atomic mass is 16.1. The summed E-state index contributed by atoms with van der Waals surface area (Å²) < 4.78 is 0. The van der Waals surface area contributed by atoms with Crippen LogP contribution in [-0.2, 0) is 6.42 Å². The lowest BCUT2D eigenvalue weighted by Crippen LogP contribution is -2.25. The fourth-order valence-corrected chi connectivity index (χ4v) is 1.70. The predicted octanol–water partition coefficient (Wildman–Crippen LogP) is 1.93. The van der Waals surface area contributed by atoms with Crippen molar-refractivity contribution in [3.63, 3.8) is 0 Å². The molecule has 0 radical (unpaired) electrons. The SMILES string of the molecule is N#Cc1cccc(C(=O)NCCc2cccnc2)c1. The maximum atomic E-state index is 11.9. The Morgan fingerprint density at radius 1 is 1.32 bits per heavy atom. The van der Waals surface area contributed by atoms with Crippen LogP contribution in [0.25, 0.3) is 0 Å². The molecule has 0 unspecified atom stereocenters. The van der Waals surface area contributed by atoms with Gasteiger partial charge in [-0.1, -0.05) is 12.1 Å². The van der Waals surface area contributed by atoms with E-state index in [1.54, 1.807) is 36.7 Å². The molecule has 0 bridgehead atoms. The van der Waals surface area contributed by atoms with E-state index >= 15 is 0 Å². The van der Waals surface area contributed by atoms with Gasteiger partial charge in [-0.15, -0.1) is 0 Å². The minimum atomic E-state index is -0.166. The second kappa shape index (κ2) is 6.31. The lowest BCUT2D eigenvalue weighted by molar-refractivity contribution is 0.0954. The van der Waals surface area contributed by atoms with Crippen LogP contribution in [0.15, 0.2) is 48.8 Å². The maximum absolute atomic E-state index is 11.9. The Morgan fingerprint density at radius 3 is 2.95 bits per heavy atom. The zero-order valence-corrected chi connectivity index (χ0v) is 10.3. The quantitative estimate of drug-likeness (QED) is 0.902. The first-order chi connectivity index (χ1) is 9.29. The van der Waals surface area contributed by atoms with Crippen molar-refractivity contribution in [1.29, 1.82) is 5.26 Å². The molecule has 2 rings (SSSR count). The van der Waals surface area contributed by atoms with Crippen LogP contribution in [0.1, 0.15) is 21.5 Å². The summed E-state index contributed by atoms with van der Waals surface area (Å²) in [5.41, 5.74) is 2.07. The fourth-order valence-electron chi connectivity index (χ4n) is 1.70. The third kappa shape index (κ3) is 3.65. The Bertz CT molecular complexity index is 602. The van der Waals surface area contributed by atoms with Crippen molar-refractivity contribution >= 4 is 5.91 Å². The van der Waals surface area contributed by atoms with E-state index in [4.69, 9.17) is 5.26 Å². The van der Waals surface area contributed by atoms with Gasteiger partial charge in [0.1, 0.15) is 0 Å². The number of pyridine rings is 1. The molecule has 1 aromatic heterocycles. The van der Waals surface area contributed by atoms with Gasteiger partial charge < -0.3 is 5.32 Å². The van der Waals surface area contributed by atoms with Crippen LogP contribution in [0.5, 0.6) is 0 Å². The number of carbonyl (C=O) groups is 1. The molecule has 4 heteroatoms. The Labute approximate surface area is 111 Å². The van der Waals surface area contributed by atoms with E-state index in [0.717, 1.165) is 12.0 Å². The molecule has 0 atom stereocenters. The second-order valence-electron chi connectivity index (χ2n) is 4.06. The standard InChI is InChI=1S/C15H13N3O/c16-10-13-3-1-5-14(9-13)15(19)18-8-6-12-4-2-7-17-11-12/h1-5,7,9,11H,6,8H2,(H,18,19). The average Bonchev–Trinajstić information content (AvgIpc) is 2.48. The second-order valence-corrected chi connectivity index (χ2v) is 4.06. The number of benzene rings is 1. The van der Waals surface area contributed by atoms with E-state index in [9.17, 15) is 4.79 Å². The monoisotopic (exact) mass is 251 g/mol. The topological polar surface area (TPSA) is 65.8 Å². The van der Waals surface area contributed by atoms with Gasteiger partial charge in [-0.05, 0) is 36.2 Å². The van der Waals surface area contributed by atoms with Gasteiger partial charge >= 0.3 is 0 Å². The number of aromatic nitrogens is 1. The van der Waals surface area contributed by atoms with Crippen molar-refractivity contribution in [2.24, 2.45) is 0 Å². The molecule has 4 nitrogen and oxygen atoms in total. The average molecular weight is 251 g/mol. The number of nitrogens with one attached hydrogen (secondary N) is 1. The van der Waals surface area contributed by atoms with Crippen molar-refractivity contribution in [1.82, 2.24) is 10.3 Å². The van der Waals surface area contributed by atoms with E-state index < -0.39 is 0 Å². The molecule has 1 aromatic carbocycles. The number of nitrogens with zero attached hydrogens (tertiary/aromatic N) is 2. The summed E-state index contributed by atoms with van der Waals surface area (Å²) in [7, 11) is 0. The lowest BCUT2D eigenvalue weighted by atomic mass is 10.1. The maximum Gasteiger partial charge on any atom is 0.251 e. The summed E-state index contributed by atoms with van der Waals surface area (Å²) >= 11 is 0. The van der Waals surface area contributed by atoms with Gasteiger partial charge in [0.15, 0.2) is 0 Å². The van der Waals surface area contributed by atoms with Crippen molar-refractivity contribution < 1.29 is 4.79 Å². The number of amides is 1. The van der Waals surface area contributed by atoms with Gasteiger partial charge in [-0.2, -0.15) is 5.26 Å². The number of rotatable bonds is 4. The van der Waals surface area contributed by atoms with E-state index in [2.05, 4.69) is 10.3 Å². The van der Waals surface area contributed by atoms with Crippen LogP contribution >= 0.6 is 0 Å². The molecule has 0 aliphatic carbocycles. The third-order valence-corrected chi connectivity index (χ3v) is 2.68. The molecule has 0 aliphatic heterocycles. The summed E-state index contributed by atoms with van der Waals surface area (Å²) in [6, 6.07) is 12.5. The zero-order chi connectivity index (χ0) is 13.5. The van der Waals surface area contributed by atoms with Gasteiger partial charge in [0.25, 0.3) is 5.91 Å². The van der Waals surface area contributed by atoms with Gasteiger partial charge in [-0.3, -0.25) is 9.78 Å². The summed E-state index contributed by atoms with van der Waals surface area (Å²) in [5, 5.41) is 11.6. The Hall–Kier alpha value is -2.67. The summed E-state index contributed by atoms with van der Waals surface area (Å²) in [4.78, 5) is 15.9. The van der Waals surface area contributed by atoms with Crippen LogP contribution in [0.4, 0.5) is 0 Å². The first kappa shape index (κ1) is 12.8.